The summed E-state index contributed by atoms with van der Waals surface area (Å²) in [6, 6.07) is 10.4. The topological polar surface area (TPSA) is 67.9 Å². The van der Waals surface area contributed by atoms with Gasteiger partial charge in [0.2, 0.25) is 0 Å². The molecule has 0 bridgehead atoms. The predicted octanol–water partition coefficient (Wildman–Crippen LogP) is 3.50. The summed E-state index contributed by atoms with van der Waals surface area (Å²) in [6.07, 6.45) is 2.12. The van der Waals surface area contributed by atoms with E-state index in [0.29, 0.717) is 28.3 Å². The van der Waals surface area contributed by atoms with Crippen molar-refractivity contribution in [3.63, 3.8) is 0 Å². The fourth-order valence-electron chi connectivity index (χ4n) is 3.22. The minimum absolute atomic E-state index is 0.0466. The summed E-state index contributed by atoms with van der Waals surface area (Å²) in [5.74, 6) is 0.816. The number of nitrogens with one attached hydrogen (secondary N) is 1. The Hall–Kier alpha value is -3.02. The second-order valence-corrected chi connectivity index (χ2v) is 6.55. The Morgan fingerprint density at radius 2 is 1.74 bits per heavy atom. The lowest BCUT2D eigenvalue weighted by Gasteiger charge is -2.17. The number of anilines is 1. The van der Waals surface area contributed by atoms with Crippen molar-refractivity contribution in [3.8, 4) is 11.5 Å². The van der Waals surface area contributed by atoms with E-state index >= 15 is 0 Å². The third kappa shape index (κ3) is 4.05. The van der Waals surface area contributed by atoms with Gasteiger partial charge in [0, 0.05) is 30.4 Å². The number of carbonyl (C=O) groups excluding carboxylic acids is 2. The van der Waals surface area contributed by atoms with Crippen molar-refractivity contribution in [1.82, 2.24) is 4.90 Å². The molecule has 0 radical (unpaired) electrons. The monoisotopic (exact) mass is 368 g/mol. The van der Waals surface area contributed by atoms with E-state index in [1.165, 1.54) is 7.11 Å². The SMILES string of the molecule is COc1ccc(C(=O)Nc2ccc(C(=O)N3CCCC3)cc2C)c(OC)c1. The van der Waals surface area contributed by atoms with Crippen molar-refractivity contribution >= 4 is 17.5 Å². The highest BCUT2D eigenvalue weighted by Gasteiger charge is 2.20. The Kier molecular flexibility index (Phi) is 5.64. The van der Waals surface area contributed by atoms with Crippen LogP contribution in [-0.4, -0.2) is 44.0 Å². The third-order valence-corrected chi connectivity index (χ3v) is 4.77. The molecule has 1 N–H and O–H groups in total. The number of aryl methyl sites for hydroxylation is 1. The van der Waals surface area contributed by atoms with Gasteiger partial charge >= 0.3 is 0 Å². The normalized spacial score (nSPS) is 13.4. The van der Waals surface area contributed by atoms with Crippen LogP contribution in [0.25, 0.3) is 0 Å². The van der Waals surface area contributed by atoms with Crippen molar-refractivity contribution in [2.24, 2.45) is 0 Å². The van der Waals surface area contributed by atoms with Gasteiger partial charge in [-0.2, -0.15) is 0 Å². The maximum Gasteiger partial charge on any atom is 0.259 e. The fraction of sp³-hybridized carbons (Fsp3) is 0.333. The molecule has 1 aliphatic rings. The third-order valence-electron chi connectivity index (χ3n) is 4.77. The first-order valence-electron chi connectivity index (χ1n) is 8.97. The number of likely N-dealkylation sites (tertiary alicyclic amines) is 1. The molecule has 2 aromatic rings. The van der Waals surface area contributed by atoms with E-state index in [4.69, 9.17) is 9.47 Å². The highest BCUT2D eigenvalue weighted by molar-refractivity contribution is 6.07. The van der Waals surface area contributed by atoms with Crippen LogP contribution >= 0.6 is 0 Å². The smallest absolute Gasteiger partial charge is 0.259 e. The number of rotatable bonds is 5. The van der Waals surface area contributed by atoms with Crippen LogP contribution in [0.2, 0.25) is 0 Å². The number of carbonyl (C=O) groups is 2. The molecule has 0 atom stereocenters. The highest BCUT2D eigenvalue weighted by Crippen LogP contribution is 2.26. The summed E-state index contributed by atoms with van der Waals surface area (Å²) in [6.45, 7) is 3.50. The summed E-state index contributed by atoms with van der Waals surface area (Å²) in [5, 5.41) is 2.89. The van der Waals surface area contributed by atoms with Gasteiger partial charge in [-0.15, -0.1) is 0 Å². The molecule has 0 saturated carbocycles. The number of ether oxygens (including phenoxy) is 2. The molecule has 1 saturated heterocycles. The molecular weight excluding hydrogens is 344 g/mol. The predicted molar refractivity (Wildman–Crippen MR) is 104 cm³/mol. The number of hydrogen-bond donors (Lipinski definition) is 1. The standard InChI is InChI=1S/C21H24N2O4/c1-14-12-15(21(25)23-10-4-5-11-23)6-9-18(14)22-20(24)17-8-7-16(26-2)13-19(17)27-3/h6-9,12-13H,4-5,10-11H2,1-3H3,(H,22,24). The number of benzene rings is 2. The Balaban J connectivity index is 1.77. The number of nitrogens with zero attached hydrogens (tertiary/aromatic N) is 1. The molecule has 6 heteroatoms. The van der Waals surface area contributed by atoms with Crippen LogP contribution in [0.5, 0.6) is 11.5 Å². The van der Waals surface area contributed by atoms with Crippen molar-refractivity contribution in [3.05, 3.63) is 53.1 Å². The van der Waals surface area contributed by atoms with E-state index in [9.17, 15) is 9.59 Å². The van der Waals surface area contributed by atoms with Gasteiger partial charge in [-0.1, -0.05) is 0 Å². The van der Waals surface area contributed by atoms with Gasteiger partial charge in [0.1, 0.15) is 11.5 Å². The van der Waals surface area contributed by atoms with Gasteiger partial charge < -0.3 is 19.7 Å². The largest absolute Gasteiger partial charge is 0.497 e. The minimum atomic E-state index is -0.281. The average molecular weight is 368 g/mol. The van der Waals surface area contributed by atoms with Crippen LogP contribution in [0.3, 0.4) is 0 Å². The molecule has 0 unspecified atom stereocenters. The van der Waals surface area contributed by atoms with Crippen molar-refractivity contribution < 1.29 is 19.1 Å². The molecule has 0 spiro atoms. The fourth-order valence-corrected chi connectivity index (χ4v) is 3.22. The van der Waals surface area contributed by atoms with Gasteiger partial charge in [-0.25, -0.2) is 0 Å². The highest BCUT2D eigenvalue weighted by atomic mass is 16.5. The molecule has 1 heterocycles. The van der Waals surface area contributed by atoms with Gasteiger partial charge in [0.15, 0.2) is 0 Å². The first-order valence-corrected chi connectivity index (χ1v) is 8.97. The quantitative estimate of drug-likeness (QED) is 0.877. The van der Waals surface area contributed by atoms with Crippen LogP contribution in [-0.2, 0) is 0 Å². The summed E-state index contributed by atoms with van der Waals surface area (Å²) in [7, 11) is 3.07. The molecule has 0 aliphatic carbocycles. The molecular formula is C21H24N2O4. The van der Waals surface area contributed by atoms with Gasteiger partial charge in [0.05, 0.1) is 19.8 Å². The number of methoxy groups -OCH3 is 2. The lowest BCUT2D eigenvalue weighted by molar-refractivity contribution is 0.0792. The van der Waals surface area contributed by atoms with E-state index in [1.807, 2.05) is 17.9 Å². The summed E-state index contributed by atoms with van der Waals surface area (Å²) in [4.78, 5) is 27.0. The Labute approximate surface area is 159 Å². The Morgan fingerprint density at radius 1 is 1.00 bits per heavy atom. The second kappa shape index (κ2) is 8.12. The van der Waals surface area contributed by atoms with Crippen molar-refractivity contribution in [2.45, 2.75) is 19.8 Å². The summed E-state index contributed by atoms with van der Waals surface area (Å²) >= 11 is 0. The molecule has 1 fully saturated rings. The van der Waals surface area contributed by atoms with Crippen LogP contribution in [0.1, 0.15) is 39.1 Å². The first-order chi connectivity index (χ1) is 13.0. The zero-order valence-corrected chi connectivity index (χ0v) is 15.9. The van der Waals surface area contributed by atoms with Crippen molar-refractivity contribution in [1.29, 1.82) is 0 Å². The molecule has 2 amide bonds. The summed E-state index contributed by atoms with van der Waals surface area (Å²) < 4.78 is 10.5. The van der Waals surface area contributed by atoms with E-state index in [1.54, 1.807) is 37.4 Å². The zero-order valence-electron chi connectivity index (χ0n) is 15.9. The van der Waals surface area contributed by atoms with Gasteiger partial charge in [-0.3, -0.25) is 9.59 Å². The van der Waals surface area contributed by atoms with Gasteiger partial charge in [0.25, 0.3) is 11.8 Å². The van der Waals surface area contributed by atoms with Crippen LogP contribution in [0.15, 0.2) is 36.4 Å². The zero-order chi connectivity index (χ0) is 19.4. The average Bonchev–Trinajstić information content (AvgIpc) is 3.23. The van der Waals surface area contributed by atoms with Gasteiger partial charge in [-0.05, 0) is 55.7 Å². The maximum atomic E-state index is 12.7. The van der Waals surface area contributed by atoms with E-state index in [-0.39, 0.29) is 11.8 Å². The van der Waals surface area contributed by atoms with E-state index < -0.39 is 0 Å². The summed E-state index contributed by atoms with van der Waals surface area (Å²) in [5.41, 5.74) is 2.56. The Morgan fingerprint density at radius 3 is 2.37 bits per heavy atom. The van der Waals surface area contributed by atoms with E-state index in [2.05, 4.69) is 5.32 Å². The van der Waals surface area contributed by atoms with Crippen LogP contribution in [0.4, 0.5) is 5.69 Å². The molecule has 3 rings (SSSR count). The maximum absolute atomic E-state index is 12.7. The first kappa shape index (κ1) is 18.8. The second-order valence-electron chi connectivity index (χ2n) is 6.55. The van der Waals surface area contributed by atoms with Crippen molar-refractivity contribution in [2.75, 3.05) is 32.6 Å². The van der Waals surface area contributed by atoms with E-state index in [0.717, 1.165) is 31.5 Å². The Bertz CT molecular complexity index is 857. The molecule has 0 aromatic heterocycles. The minimum Gasteiger partial charge on any atom is -0.497 e. The van der Waals surface area contributed by atoms with Crippen LogP contribution < -0.4 is 14.8 Å². The lowest BCUT2D eigenvalue weighted by Crippen LogP contribution is -2.27. The molecule has 1 aliphatic heterocycles. The number of amides is 2. The lowest BCUT2D eigenvalue weighted by atomic mass is 10.1. The molecule has 6 nitrogen and oxygen atoms in total. The molecule has 2 aromatic carbocycles. The van der Waals surface area contributed by atoms with Crippen LogP contribution in [0, 0.1) is 6.92 Å². The molecule has 142 valence electrons. The number of hydrogen-bond acceptors (Lipinski definition) is 4. The molecule has 27 heavy (non-hydrogen) atoms.